The van der Waals surface area contributed by atoms with Gasteiger partial charge in [-0.1, -0.05) is 25.1 Å². The summed E-state index contributed by atoms with van der Waals surface area (Å²) in [6, 6.07) is 9.91. The molecule has 0 atom stereocenters. The van der Waals surface area contributed by atoms with Gasteiger partial charge in [0.2, 0.25) is 5.95 Å². The number of hydrogen-bond donors (Lipinski definition) is 2. The molecular formula is C16H22N4O. The molecule has 0 aliphatic carbocycles. The van der Waals surface area contributed by atoms with Gasteiger partial charge in [-0.25, -0.2) is 4.98 Å². The molecule has 0 aliphatic rings. The number of hydrogen-bond acceptors (Lipinski definition) is 5. The third-order valence-corrected chi connectivity index (χ3v) is 3.08. The van der Waals surface area contributed by atoms with Crippen molar-refractivity contribution in [1.82, 2.24) is 9.97 Å². The molecule has 21 heavy (non-hydrogen) atoms. The van der Waals surface area contributed by atoms with E-state index in [-0.39, 0.29) is 0 Å². The van der Waals surface area contributed by atoms with Gasteiger partial charge in [-0.15, -0.1) is 0 Å². The van der Waals surface area contributed by atoms with E-state index in [1.165, 1.54) is 5.56 Å². The number of nitrogens with zero attached hydrogens (tertiary/aromatic N) is 2. The lowest BCUT2D eigenvalue weighted by Gasteiger charge is -2.10. The van der Waals surface area contributed by atoms with Crippen LogP contribution in [0, 0.1) is 0 Å². The lowest BCUT2D eigenvalue weighted by molar-refractivity contribution is 0.410. The third kappa shape index (κ3) is 4.63. The molecule has 0 saturated carbocycles. The molecule has 0 bridgehead atoms. The van der Waals surface area contributed by atoms with Gasteiger partial charge < -0.3 is 15.4 Å². The van der Waals surface area contributed by atoms with Gasteiger partial charge in [0.05, 0.1) is 7.11 Å². The van der Waals surface area contributed by atoms with Crippen LogP contribution in [0.25, 0.3) is 0 Å². The normalized spacial score (nSPS) is 10.2. The van der Waals surface area contributed by atoms with E-state index in [4.69, 9.17) is 4.74 Å². The molecule has 0 radical (unpaired) electrons. The van der Waals surface area contributed by atoms with Gasteiger partial charge in [0.15, 0.2) is 0 Å². The number of para-hydroxylation sites is 1. The molecule has 0 aliphatic heterocycles. The van der Waals surface area contributed by atoms with E-state index in [1.54, 1.807) is 13.3 Å². The second-order valence-electron chi connectivity index (χ2n) is 4.68. The monoisotopic (exact) mass is 286 g/mol. The smallest absolute Gasteiger partial charge is 0.224 e. The first-order valence-electron chi connectivity index (χ1n) is 7.26. The number of nitrogens with one attached hydrogen (secondary N) is 2. The average Bonchev–Trinajstić information content (AvgIpc) is 2.54. The summed E-state index contributed by atoms with van der Waals surface area (Å²) < 4.78 is 5.34. The highest BCUT2D eigenvalue weighted by Crippen LogP contribution is 2.17. The molecule has 5 heteroatoms. The lowest BCUT2D eigenvalue weighted by atomic mass is 10.1. The Morgan fingerprint density at radius 1 is 1.10 bits per heavy atom. The van der Waals surface area contributed by atoms with Crippen molar-refractivity contribution < 1.29 is 4.74 Å². The summed E-state index contributed by atoms with van der Waals surface area (Å²) >= 11 is 0. The summed E-state index contributed by atoms with van der Waals surface area (Å²) in [6.45, 7) is 3.80. The van der Waals surface area contributed by atoms with Crippen LogP contribution in [0.3, 0.4) is 0 Å². The molecule has 112 valence electrons. The van der Waals surface area contributed by atoms with Crippen LogP contribution in [0.5, 0.6) is 5.75 Å². The van der Waals surface area contributed by atoms with E-state index < -0.39 is 0 Å². The molecular weight excluding hydrogens is 264 g/mol. The van der Waals surface area contributed by atoms with Crippen molar-refractivity contribution in [2.45, 2.75) is 19.8 Å². The molecule has 1 aromatic heterocycles. The lowest BCUT2D eigenvalue weighted by Crippen LogP contribution is -2.10. The van der Waals surface area contributed by atoms with Gasteiger partial charge in [0, 0.05) is 19.3 Å². The molecule has 2 rings (SSSR count). The van der Waals surface area contributed by atoms with E-state index >= 15 is 0 Å². The summed E-state index contributed by atoms with van der Waals surface area (Å²) in [5, 5.41) is 6.49. The molecule has 1 heterocycles. The number of aromatic nitrogens is 2. The Hall–Kier alpha value is -2.30. The standard InChI is InChI=1S/C16H22N4O/c1-3-10-17-15-9-12-19-16(20-15)18-11-8-13-6-4-5-7-14(13)21-2/h4-7,9,12H,3,8,10-11H2,1-2H3,(H2,17,18,19,20). The highest BCUT2D eigenvalue weighted by atomic mass is 16.5. The van der Waals surface area contributed by atoms with Crippen LogP contribution in [0.2, 0.25) is 0 Å². The Morgan fingerprint density at radius 2 is 1.95 bits per heavy atom. The number of methoxy groups -OCH3 is 1. The minimum atomic E-state index is 0.644. The van der Waals surface area contributed by atoms with Crippen molar-refractivity contribution in [3.05, 3.63) is 42.1 Å². The highest BCUT2D eigenvalue weighted by Gasteiger charge is 2.02. The maximum atomic E-state index is 5.34. The van der Waals surface area contributed by atoms with Gasteiger partial charge >= 0.3 is 0 Å². The van der Waals surface area contributed by atoms with Crippen LogP contribution in [-0.4, -0.2) is 30.2 Å². The van der Waals surface area contributed by atoms with Gasteiger partial charge in [-0.05, 0) is 30.5 Å². The average molecular weight is 286 g/mol. The third-order valence-electron chi connectivity index (χ3n) is 3.08. The fraction of sp³-hybridized carbons (Fsp3) is 0.375. The molecule has 0 amide bonds. The SMILES string of the molecule is CCCNc1ccnc(NCCc2ccccc2OC)n1. The zero-order chi connectivity index (χ0) is 14.9. The van der Waals surface area contributed by atoms with Gasteiger partial charge in [-0.3, -0.25) is 0 Å². The first-order chi connectivity index (χ1) is 10.3. The summed E-state index contributed by atoms with van der Waals surface area (Å²) in [6.07, 6.45) is 3.69. The van der Waals surface area contributed by atoms with Crippen molar-refractivity contribution in [3.8, 4) is 5.75 Å². The maximum Gasteiger partial charge on any atom is 0.224 e. The van der Waals surface area contributed by atoms with Crippen LogP contribution < -0.4 is 15.4 Å². The molecule has 0 unspecified atom stereocenters. The minimum Gasteiger partial charge on any atom is -0.496 e. The molecule has 0 fully saturated rings. The van der Waals surface area contributed by atoms with E-state index in [2.05, 4.69) is 33.6 Å². The van der Waals surface area contributed by atoms with Crippen LogP contribution in [-0.2, 0) is 6.42 Å². The van der Waals surface area contributed by atoms with Crippen LogP contribution in [0.15, 0.2) is 36.5 Å². The molecule has 5 nitrogen and oxygen atoms in total. The van der Waals surface area contributed by atoms with E-state index in [9.17, 15) is 0 Å². The van der Waals surface area contributed by atoms with E-state index in [0.29, 0.717) is 5.95 Å². The Kier molecular flexibility index (Phi) is 5.82. The van der Waals surface area contributed by atoms with Gasteiger partial charge in [0.1, 0.15) is 11.6 Å². The topological polar surface area (TPSA) is 59.1 Å². The molecule has 1 aromatic carbocycles. The zero-order valence-electron chi connectivity index (χ0n) is 12.6. The van der Waals surface area contributed by atoms with Gasteiger partial charge in [0.25, 0.3) is 0 Å². The largest absolute Gasteiger partial charge is 0.496 e. The summed E-state index contributed by atoms with van der Waals surface area (Å²) in [4.78, 5) is 8.65. The predicted octanol–water partition coefficient (Wildman–Crippen LogP) is 2.96. The van der Waals surface area contributed by atoms with Crippen LogP contribution >= 0.6 is 0 Å². The second-order valence-corrected chi connectivity index (χ2v) is 4.68. The second kappa shape index (κ2) is 8.09. The van der Waals surface area contributed by atoms with Crippen molar-refractivity contribution >= 4 is 11.8 Å². The molecule has 0 spiro atoms. The molecule has 2 N–H and O–H groups in total. The fourth-order valence-electron chi connectivity index (χ4n) is 2.01. The molecule has 2 aromatic rings. The Bertz CT molecular complexity index is 559. The van der Waals surface area contributed by atoms with Crippen LogP contribution in [0.4, 0.5) is 11.8 Å². The van der Waals surface area contributed by atoms with Gasteiger partial charge in [-0.2, -0.15) is 4.98 Å². The number of ether oxygens (including phenoxy) is 1. The number of anilines is 2. The predicted molar refractivity (Wildman–Crippen MR) is 86.0 cm³/mol. The molecule has 0 saturated heterocycles. The van der Waals surface area contributed by atoms with E-state index in [1.807, 2.05) is 24.3 Å². The number of rotatable bonds is 8. The van der Waals surface area contributed by atoms with Crippen LogP contribution in [0.1, 0.15) is 18.9 Å². The summed E-state index contributed by atoms with van der Waals surface area (Å²) in [5.74, 6) is 2.41. The maximum absolute atomic E-state index is 5.34. The van der Waals surface area contributed by atoms with E-state index in [0.717, 1.165) is 37.5 Å². The van der Waals surface area contributed by atoms with Crippen molar-refractivity contribution in [3.63, 3.8) is 0 Å². The Balaban J connectivity index is 1.88. The fourth-order valence-corrected chi connectivity index (χ4v) is 2.01. The van der Waals surface area contributed by atoms with Crippen molar-refractivity contribution in [1.29, 1.82) is 0 Å². The Labute approximate surface area is 125 Å². The first kappa shape index (κ1) is 15.1. The summed E-state index contributed by atoms with van der Waals surface area (Å²) in [5.41, 5.74) is 1.17. The van der Waals surface area contributed by atoms with Crippen molar-refractivity contribution in [2.75, 3.05) is 30.8 Å². The first-order valence-corrected chi connectivity index (χ1v) is 7.26. The highest BCUT2D eigenvalue weighted by molar-refractivity contribution is 5.40. The summed E-state index contributed by atoms with van der Waals surface area (Å²) in [7, 11) is 1.69. The van der Waals surface area contributed by atoms with Crippen molar-refractivity contribution in [2.24, 2.45) is 0 Å². The minimum absolute atomic E-state index is 0.644. The zero-order valence-corrected chi connectivity index (χ0v) is 12.6. The number of benzene rings is 1. The Morgan fingerprint density at radius 3 is 2.76 bits per heavy atom. The quantitative estimate of drug-likeness (QED) is 0.781.